The summed E-state index contributed by atoms with van der Waals surface area (Å²) in [7, 11) is 0. The SMILES string of the molecule is CCC(C)(O)CNc1cccc(F)c1[N+](=O)[O-]. The zero-order valence-corrected chi connectivity index (χ0v) is 9.74. The summed E-state index contributed by atoms with van der Waals surface area (Å²) < 4.78 is 13.3. The molecular weight excluding hydrogens is 227 g/mol. The minimum atomic E-state index is -0.986. The molecule has 1 aromatic rings. The van der Waals surface area contributed by atoms with Crippen LogP contribution in [0.5, 0.6) is 0 Å². The summed E-state index contributed by atoms with van der Waals surface area (Å²) in [5.74, 6) is -0.892. The van der Waals surface area contributed by atoms with Crippen LogP contribution in [0.3, 0.4) is 0 Å². The van der Waals surface area contributed by atoms with Crippen molar-refractivity contribution >= 4 is 11.4 Å². The van der Waals surface area contributed by atoms with E-state index in [0.717, 1.165) is 6.07 Å². The molecule has 0 spiro atoms. The lowest BCUT2D eigenvalue weighted by atomic mass is 10.0. The lowest BCUT2D eigenvalue weighted by Crippen LogP contribution is -2.32. The van der Waals surface area contributed by atoms with Crippen molar-refractivity contribution in [1.82, 2.24) is 0 Å². The molecule has 0 aliphatic rings. The third kappa shape index (κ3) is 3.39. The van der Waals surface area contributed by atoms with E-state index < -0.39 is 22.0 Å². The Kier molecular flexibility index (Phi) is 4.01. The topological polar surface area (TPSA) is 75.4 Å². The molecule has 0 amide bonds. The van der Waals surface area contributed by atoms with Crippen LogP contribution in [0.4, 0.5) is 15.8 Å². The average molecular weight is 242 g/mol. The highest BCUT2D eigenvalue weighted by atomic mass is 19.1. The molecule has 2 N–H and O–H groups in total. The Hall–Kier alpha value is -1.69. The number of benzene rings is 1. The zero-order valence-electron chi connectivity index (χ0n) is 9.74. The van der Waals surface area contributed by atoms with Crippen molar-refractivity contribution in [1.29, 1.82) is 0 Å². The smallest absolute Gasteiger partial charge is 0.327 e. The molecule has 0 saturated heterocycles. The number of nitrogens with one attached hydrogen (secondary N) is 1. The molecule has 0 aliphatic carbocycles. The summed E-state index contributed by atoms with van der Waals surface area (Å²) >= 11 is 0. The predicted molar refractivity (Wildman–Crippen MR) is 62.5 cm³/mol. The first-order valence-corrected chi connectivity index (χ1v) is 5.26. The molecular formula is C11H15FN2O3. The molecule has 0 fully saturated rings. The molecule has 0 saturated carbocycles. The Labute approximate surface area is 98.4 Å². The molecule has 0 aromatic heterocycles. The van der Waals surface area contributed by atoms with Crippen molar-refractivity contribution in [2.24, 2.45) is 0 Å². The summed E-state index contributed by atoms with van der Waals surface area (Å²) in [6, 6.07) is 3.82. The number of hydrogen-bond donors (Lipinski definition) is 2. The molecule has 0 aliphatic heterocycles. The molecule has 5 nitrogen and oxygen atoms in total. The van der Waals surface area contributed by atoms with Gasteiger partial charge in [0.1, 0.15) is 5.69 Å². The first-order valence-electron chi connectivity index (χ1n) is 5.26. The molecule has 0 heterocycles. The monoisotopic (exact) mass is 242 g/mol. The summed E-state index contributed by atoms with van der Waals surface area (Å²) in [6.45, 7) is 3.51. The van der Waals surface area contributed by atoms with Gasteiger partial charge in [0.25, 0.3) is 0 Å². The Balaban J connectivity index is 2.92. The molecule has 94 valence electrons. The van der Waals surface area contributed by atoms with Crippen LogP contribution in [0.25, 0.3) is 0 Å². The second-order valence-electron chi connectivity index (χ2n) is 4.10. The van der Waals surface area contributed by atoms with Crippen molar-refractivity contribution < 1.29 is 14.4 Å². The van der Waals surface area contributed by atoms with E-state index >= 15 is 0 Å². The minimum absolute atomic E-state index is 0.0729. The van der Waals surface area contributed by atoms with Crippen LogP contribution in [0.15, 0.2) is 18.2 Å². The van der Waals surface area contributed by atoms with Crippen molar-refractivity contribution in [2.75, 3.05) is 11.9 Å². The van der Waals surface area contributed by atoms with E-state index in [1.165, 1.54) is 12.1 Å². The lowest BCUT2D eigenvalue weighted by Gasteiger charge is -2.22. The molecule has 1 atom stereocenters. The van der Waals surface area contributed by atoms with Gasteiger partial charge in [-0.2, -0.15) is 4.39 Å². The maximum atomic E-state index is 13.3. The van der Waals surface area contributed by atoms with Gasteiger partial charge in [-0.15, -0.1) is 0 Å². The van der Waals surface area contributed by atoms with Gasteiger partial charge in [-0.25, -0.2) is 0 Å². The van der Waals surface area contributed by atoms with Crippen molar-refractivity contribution in [2.45, 2.75) is 25.9 Å². The number of halogens is 1. The van der Waals surface area contributed by atoms with Crippen LogP contribution < -0.4 is 5.32 Å². The van der Waals surface area contributed by atoms with Crippen LogP contribution in [-0.2, 0) is 0 Å². The van der Waals surface area contributed by atoms with E-state index in [9.17, 15) is 19.6 Å². The number of nitrogens with zero attached hydrogens (tertiary/aromatic N) is 1. The van der Waals surface area contributed by atoms with E-state index in [1.54, 1.807) is 13.8 Å². The highest BCUT2D eigenvalue weighted by molar-refractivity contribution is 5.62. The standard InChI is InChI=1S/C11H15FN2O3/c1-3-11(2,15)7-13-9-6-4-5-8(12)10(9)14(16)17/h4-6,13,15H,3,7H2,1-2H3. The third-order valence-electron chi connectivity index (χ3n) is 2.59. The minimum Gasteiger partial charge on any atom is -0.388 e. The number of rotatable bonds is 5. The van der Waals surface area contributed by atoms with Gasteiger partial charge in [0.15, 0.2) is 0 Å². The fourth-order valence-corrected chi connectivity index (χ4v) is 1.25. The van der Waals surface area contributed by atoms with Crippen LogP contribution in [0, 0.1) is 15.9 Å². The number of anilines is 1. The summed E-state index contributed by atoms with van der Waals surface area (Å²) in [4.78, 5) is 9.92. The van der Waals surface area contributed by atoms with Gasteiger partial charge in [0.05, 0.1) is 10.5 Å². The number of para-hydroxylation sites is 1. The number of nitro benzene ring substituents is 1. The summed E-state index contributed by atoms with van der Waals surface area (Å²) in [5, 5.41) is 23.2. The second kappa shape index (κ2) is 5.09. The molecule has 17 heavy (non-hydrogen) atoms. The Morgan fingerprint density at radius 3 is 2.76 bits per heavy atom. The summed E-state index contributed by atoms with van der Waals surface area (Å²) in [5.41, 5.74) is -1.51. The Bertz CT molecular complexity index is 421. The van der Waals surface area contributed by atoms with Crippen LogP contribution in [0.1, 0.15) is 20.3 Å². The van der Waals surface area contributed by atoms with Gasteiger partial charge in [0.2, 0.25) is 5.82 Å². The van der Waals surface area contributed by atoms with Gasteiger partial charge in [-0.3, -0.25) is 10.1 Å². The highest BCUT2D eigenvalue weighted by Gasteiger charge is 2.22. The second-order valence-corrected chi connectivity index (χ2v) is 4.10. The zero-order chi connectivity index (χ0) is 13.1. The van der Waals surface area contributed by atoms with Crippen LogP contribution >= 0.6 is 0 Å². The fraction of sp³-hybridized carbons (Fsp3) is 0.455. The number of hydrogen-bond acceptors (Lipinski definition) is 4. The van der Waals surface area contributed by atoms with Gasteiger partial charge in [-0.1, -0.05) is 13.0 Å². The average Bonchev–Trinajstić information content (AvgIpc) is 2.26. The molecule has 1 aromatic carbocycles. The van der Waals surface area contributed by atoms with Crippen molar-refractivity contribution in [3.8, 4) is 0 Å². The quantitative estimate of drug-likeness (QED) is 0.613. The Morgan fingerprint density at radius 2 is 2.24 bits per heavy atom. The fourth-order valence-electron chi connectivity index (χ4n) is 1.25. The number of nitro groups is 1. The van der Waals surface area contributed by atoms with Crippen molar-refractivity contribution in [3.05, 3.63) is 34.1 Å². The highest BCUT2D eigenvalue weighted by Crippen LogP contribution is 2.27. The largest absolute Gasteiger partial charge is 0.388 e. The first-order chi connectivity index (χ1) is 7.87. The third-order valence-corrected chi connectivity index (χ3v) is 2.59. The van der Waals surface area contributed by atoms with Crippen LogP contribution in [0.2, 0.25) is 0 Å². The molecule has 1 rings (SSSR count). The van der Waals surface area contributed by atoms with E-state index in [2.05, 4.69) is 5.32 Å². The van der Waals surface area contributed by atoms with Gasteiger partial charge in [-0.05, 0) is 25.5 Å². The maximum absolute atomic E-state index is 13.3. The predicted octanol–water partition coefficient (Wildman–Crippen LogP) is 2.31. The van der Waals surface area contributed by atoms with Gasteiger partial charge < -0.3 is 10.4 Å². The van der Waals surface area contributed by atoms with E-state index in [0.29, 0.717) is 6.42 Å². The first kappa shape index (κ1) is 13.4. The normalized spacial score (nSPS) is 14.1. The van der Waals surface area contributed by atoms with E-state index in [4.69, 9.17) is 0 Å². The molecule has 6 heteroatoms. The van der Waals surface area contributed by atoms with E-state index in [-0.39, 0.29) is 12.2 Å². The van der Waals surface area contributed by atoms with Gasteiger partial charge >= 0.3 is 5.69 Å². The lowest BCUT2D eigenvalue weighted by molar-refractivity contribution is -0.386. The maximum Gasteiger partial charge on any atom is 0.327 e. The van der Waals surface area contributed by atoms with Gasteiger partial charge in [0, 0.05) is 6.54 Å². The van der Waals surface area contributed by atoms with Crippen molar-refractivity contribution in [3.63, 3.8) is 0 Å². The van der Waals surface area contributed by atoms with E-state index in [1.807, 2.05) is 0 Å². The molecule has 1 unspecified atom stereocenters. The van der Waals surface area contributed by atoms with Crippen LogP contribution in [-0.4, -0.2) is 22.2 Å². The number of aliphatic hydroxyl groups is 1. The summed E-state index contributed by atoms with van der Waals surface area (Å²) in [6.07, 6.45) is 0.489. The molecule has 0 radical (unpaired) electrons. The Morgan fingerprint density at radius 1 is 1.59 bits per heavy atom. The molecule has 0 bridgehead atoms.